The fraction of sp³-hybridized carbons (Fsp3) is 0.737. The van der Waals surface area contributed by atoms with Crippen molar-refractivity contribution in [3.63, 3.8) is 0 Å². The number of nitrogens with one attached hydrogen (secondary N) is 6. The first-order valence-corrected chi connectivity index (χ1v) is 13.8. The van der Waals surface area contributed by atoms with Crippen molar-refractivity contribution < 1.29 is 9.53 Å². The Kier molecular flexibility index (Phi) is 35.0. The summed E-state index contributed by atoms with van der Waals surface area (Å²) in [7, 11) is 6.96. The molecule has 0 aliphatic rings. The zero-order valence-electron chi connectivity index (χ0n) is 24.2. The number of amidine groups is 2. The van der Waals surface area contributed by atoms with Crippen LogP contribution in [0.3, 0.4) is 0 Å². The van der Waals surface area contributed by atoms with E-state index in [1.807, 2.05) is 59.5 Å². The Balaban J connectivity index is -0.000000119. The van der Waals surface area contributed by atoms with E-state index in [2.05, 4.69) is 67.5 Å². The maximum absolute atomic E-state index is 11.3. The lowest BCUT2D eigenvalue weighted by Gasteiger charge is -2.25. The van der Waals surface area contributed by atoms with Gasteiger partial charge in [0.05, 0.1) is 5.41 Å². The fourth-order valence-electron chi connectivity index (χ4n) is 1.02. The summed E-state index contributed by atoms with van der Waals surface area (Å²) in [5, 5.41) is 5.48. The number of hydrogen-bond acceptors (Lipinski definition) is 12. The quantitative estimate of drug-likeness (QED) is 0.0504. The monoisotopic (exact) mass is 606 g/mol. The van der Waals surface area contributed by atoms with Crippen molar-refractivity contribution in [2.24, 2.45) is 38.6 Å². The summed E-state index contributed by atoms with van der Waals surface area (Å²) in [6, 6.07) is 0. The molecule has 0 saturated heterocycles. The second-order valence-electron chi connectivity index (χ2n) is 7.99. The predicted molar refractivity (Wildman–Crippen MR) is 172 cm³/mol. The van der Waals surface area contributed by atoms with E-state index in [0.29, 0.717) is 5.17 Å². The lowest BCUT2D eigenvalue weighted by atomic mass is 9.97. The fourth-order valence-corrected chi connectivity index (χ4v) is 1.69. The molecule has 0 aliphatic heterocycles. The van der Waals surface area contributed by atoms with Crippen LogP contribution in [0.1, 0.15) is 41.5 Å². The molecule has 0 aromatic carbocycles. The van der Waals surface area contributed by atoms with Gasteiger partial charge in [0.2, 0.25) is 0 Å². The van der Waals surface area contributed by atoms with Crippen molar-refractivity contribution in [3.8, 4) is 0 Å². The van der Waals surface area contributed by atoms with Crippen LogP contribution in [0.5, 0.6) is 0 Å². The molecule has 0 atom stereocenters. The zero-order valence-corrected chi connectivity index (χ0v) is 27.4. The van der Waals surface area contributed by atoms with Crippen LogP contribution in [0, 0.1) is 5.41 Å². The molecule has 0 rings (SSSR count). The van der Waals surface area contributed by atoms with E-state index in [0.717, 1.165) is 5.17 Å². The number of thiocarbonyl (C=S) groups is 2. The molecule has 14 N–H and O–H groups in total. The van der Waals surface area contributed by atoms with Crippen molar-refractivity contribution in [3.05, 3.63) is 0 Å². The largest absolute Gasteiger partial charge is 0.460 e. The zero-order chi connectivity index (χ0) is 30.7. The average Bonchev–Trinajstić information content (AvgIpc) is 2.77. The highest BCUT2D eigenvalue weighted by molar-refractivity contribution is 8.13. The number of esters is 1. The lowest BCUT2D eigenvalue weighted by molar-refractivity contribution is -0.164. The molecule has 0 unspecified atom stereocenters. The number of nitrogens with two attached hydrogens (primary N) is 4. The first-order chi connectivity index (χ1) is 16.8. The van der Waals surface area contributed by atoms with E-state index >= 15 is 0 Å². The molecule has 14 nitrogen and oxygen atoms in total. The van der Waals surface area contributed by atoms with Crippen molar-refractivity contribution >= 4 is 74.5 Å². The summed E-state index contributed by atoms with van der Waals surface area (Å²) in [6.45, 7) is 11.2. The van der Waals surface area contributed by atoms with Gasteiger partial charge in [0.1, 0.15) is 5.60 Å². The van der Waals surface area contributed by atoms with Crippen LogP contribution in [0.4, 0.5) is 0 Å². The van der Waals surface area contributed by atoms with Crippen molar-refractivity contribution in [2.75, 3.05) is 40.7 Å². The molecule has 0 aromatic heterocycles. The van der Waals surface area contributed by atoms with Crippen molar-refractivity contribution in [2.45, 2.75) is 47.1 Å². The number of nitrogens with zero attached hydrogens (tertiary/aromatic N) is 2. The van der Waals surface area contributed by atoms with Gasteiger partial charge < -0.3 is 38.2 Å². The highest BCUT2D eigenvalue weighted by Crippen LogP contribution is 2.19. The number of hydrazone groups is 1. The van der Waals surface area contributed by atoms with E-state index in [1.54, 1.807) is 40.0 Å². The highest BCUT2D eigenvalue weighted by atomic mass is 32.2. The molecule has 0 amide bonds. The standard InChI is InChI=1S/C9H18O2.C4H11N3S.C3H9N3S.C2H7N3S.CH5N3S/c1-8(2,3)7(10)11-9(4,5)6;1-5-4(8-3)7-6-2;1-5-6-3(4)7-2;1-4-5-2(3)6;2-1(5)4-3/h1-6H3;6H,1-3H3,(H,5,7);5H,1-2H3,(H2,4,6);4H,1H3,(H3,3,5,6);3H2,(H3,2,4,5). The first kappa shape index (κ1) is 45.1. The van der Waals surface area contributed by atoms with Gasteiger partial charge in [0, 0.05) is 28.2 Å². The van der Waals surface area contributed by atoms with E-state index in [1.165, 1.54) is 11.8 Å². The number of thioether (sulfide) groups is 2. The maximum Gasteiger partial charge on any atom is 0.311 e. The maximum atomic E-state index is 11.3. The van der Waals surface area contributed by atoms with Gasteiger partial charge in [-0.15, -0.1) is 0 Å². The number of carbonyl (C=O) groups excluding carboxylic acids is 1. The van der Waals surface area contributed by atoms with Gasteiger partial charge in [-0.05, 0) is 78.5 Å². The average molecular weight is 607 g/mol. The Labute approximate surface area is 242 Å². The van der Waals surface area contributed by atoms with E-state index in [9.17, 15) is 4.79 Å². The van der Waals surface area contributed by atoms with Crippen molar-refractivity contribution in [1.29, 1.82) is 0 Å². The molecule has 0 radical (unpaired) electrons. The third-order valence-corrected chi connectivity index (χ3v) is 3.86. The number of rotatable bonds is 3. The number of ether oxygens (including phenoxy) is 1. The molecular formula is C19H50N12O2S4. The molecule has 0 aliphatic carbocycles. The van der Waals surface area contributed by atoms with Gasteiger partial charge in [0.25, 0.3) is 0 Å². The number of hydrogen-bond donors (Lipinski definition) is 10. The van der Waals surface area contributed by atoms with Crippen LogP contribution in [-0.2, 0) is 9.53 Å². The normalized spacial score (nSPS) is 10.6. The molecule has 222 valence electrons. The number of aliphatic imine (C=N–C) groups is 1. The SMILES string of the molecule is CC(C)(C)OC(=O)C(C)(C)C.CN=C(NNC)SC.CNN=C(N)SC.CNNC(N)=S.NNC(N)=S. The number of hydrazine groups is 3. The van der Waals surface area contributed by atoms with Crippen molar-refractivity contribution in [1.82, 2.24) is 32.6 Å². The van der Waals surface area contributed by atoms with E-state index in [-0.39, 0.29) is 21.8 Å². The molecule has 0 heterocycles. The summed E-state index contributed by atoms with van der Waals surface area (Å²) < 4.78 is 5.16. The summed E-state index contributed by atoms with van der Waals surface area (Å²) in [4.78, 5) is 15.2. The Hall–Kier alpha value is -1.83. The smallest absolute Gasteiger partial charge is 0.311 e. The van der Waals surface area contributed by atoms with Crippen LogP contribution in [0.15, 0.2) is 10.1 Å². The Morgan fingerprint density at radius 2 is 1.30 bits per heavy atom. The topological polar surface area (TPSA) is 227 Å². The number of carbonyl (C=O) groups is 1. The van der Waals surface area contributed by atoms with Gasteiger partial charge in [-0.25, -0.2) is 16.7 Å². The molecular weight excluding hydrogens is 557 g/mol. The highest BCUT2D eigenvalue weighted by Gasteiger charge is 2.27. The second kappa shape index (κ2) is 28.7. The van der Waals surface area contributed by atoms with Crippen LogP contribution in [-0.4, -0.2) is 72.8 Å². The molecule has 37 heavy (non-hydrogen) atoms. The summed E-state index contributed by atoms with van der Waals surface area (Å²) in [5.74, 6) is 4.51. The minimum Gasteiger partial charge on any atom is -0.460 e. The third-order valence-electron chi connectivity index (χ3n) is 2.46. The van der Waals surface area contributed by atoms with Gasteiger partial charge in [-0.3, -0.25) is 15.2 Å². The molecule has 0 fully saturated rings. The molecule has 0 bridgehead atoms. The van der Waals surface area contributed by atoms with Gasteiger partial charge in [-0.1, -0.05) is 23.5 Å². The minimum atomic E-state index is -0.396. The predicted octanol–water partition coefficient (Wildman–Crippen LogP) is -0.121. The molecule has 0 spiro atoms. The van der Waals surface area contributed by atoms with Gasteiger partial charge >= 0.3 is 5.97 Å². The minimum absolute atomic E-state index is 0.116. The van der Waals surface area contributed by atoms with Crippen LogP contribution in [0.25, 0.3) is 0 Å². The Morgan fingerprint density at radius 1 is 0.865 bits per heavy atom. The summed E-state index contributed by atoms with van der Waals surface area (Å²) in [5.41, 5.74) is 29.4. The van der Waals surface area contributed by atoms with Crippen LogP contribution >= 0.6 is 48.0 Å². The summed E-state index contributed by atoms with van der Waals surface area (Å²) in [6.07, 6.45) is 3.84. The van der Waals surface area contributed by atoms with Gasteiger partial charge in [0.15, 0.2) is 20.6 Å². The first-order valence-electron chi connectivity index (χ1n) is 10.5. The summed E-state index contributed by atoms with van der Waals surface area (Å²) >= 11 is 11.6. The van der Waals surface area contributed by atoms with Gasteiger partial charge in [-0.2, -0.15) is 5.10 Å². The molecule has 0 aromatic rings. The van der Waals surface area contributed by atoms with Crippen LogP contribution < -0.4 is 55.6 Å². The van der Waals surface area contributed by atoms with Crippen LogP contribution in [0.2, 0.25) is 0 Å². The third kappa shape index (κ3) is 51.6. The lowest BCUT2D eigenvalue weighted by Crippen LogP contribution is -2.37. The Bertz CT molecular complexity index is 652. The van der Waals surface area contributed by atoms with E-state index in [4.69, 9.17) is 21.9 Å². The Morgan fingerprint density at radius 3 is 1.38 bits per heavy atom. The molecule has 0 saturated carbocycles. The van der Waals surface area contributed by atoms with E-state index < -0.39 is 5.41 Å². The second-order valence-corrected chi connectivity index (χ2v) is 10.5. The molecule has 18 heteroatoms.